The number of carbonyl (C=O) groups is 4. The Morgan fingerprint density at radius 2 is 1.32 bits per heavy atom. The van der Waals surface area contributed by atoms with Gasteiger partial charge >= 0.3 is 11.9 Å². The quantitative estimate of drug-likeness (QED) is 0.463. The van der Waals surface area contributed by atoms with Gasteiger partial charge in [-0.3, -0.25) is 14.4 Å². The van der Waals surface area contributed by atoms with E-state index in [1.807, 2.05) is 0 Å². The lowest BCUT2D eigenvalue weighted by atomic mass is 10.1. The average Bonchev–Trinajstić information content (AvgIpc) is 2.77. The Hall–Kier alpha value is -1.92. The van der Waals surface area contributed by atoms with Gasteiger partial charge in [-0.05, 0) is 12.8 Å². The molecule has 0 bridgehead atoms. The van der Waals surface area contributed by atoms with E-state index >= 15 is 0 Å². The maximum Gasteiger partial charge on any atom is 0.333 e. The third-order valence-corrected chi connectivity index (χ3v) is 3.47. The van der Waals surface area contributed by atoms with Gasteiger partial charge in [-0.15, -0.1) is 5.06 Å². The van der Waals surface area contributed by atoms with Crippen molar-refractivity contribution in [1.29, 1.82) is 0 Å². The van der Waals surface area contributed by atoms with Gasteiger partial charge in [-0.25, -0.2) is 4.79 Å². The highest BCUT2D eigenvalue weighted by Gasteiger charge is 2.32. The molecule has 0 saturated carbocycles. The van der Waals surface area contributed by atoms with Crippen LogP contribution in [0.2, 0.25) is 0 Å². The van der Waals surface area contributed by atoms with Crippen molar-refractivity contribution < 1.29 is 29.1 Å². The van der Waals surface area contributed by atoms with Gasteiger partial charge in [0.1, 0.15) is 0 Å². The summed E-state index contributed by atoms with van der Waals surface area (Å²) >= 11 is 0. The molecule has 0 aromatic rings. The van der Waals surface area contributed by atoms with Crippen molar-refractivity contribution in [2.24, 2.45) is 0 Å². The van der Waals surface area contributed by atoms with Crippen molar-refractivity contribution in [2.45, 2.75) is 70.6 Å². The molecule has 1 rings (SSSR count). The summed E-state index contributed by atoms with van der Waals surface area (Å²) in [4.78, 5) is 49.1. The smallest absolute Gasteiger partial charge is 0.333 e. The van der Waals surface area contributed by atoms with Gasteiger partial charge in [0.25, 0.3) is 11.8 Å². The van der Waals surface area contributed by atoms with Crippen molar-refractivity contribution in [1.82, 2.24) is 5.06 Å². The van der Waals surface area contributed by atoms with Gasteiger partial charge in [0, 0.05) is 25.7 Å². The number of imide groups is 1. The van der Waals surface area contributed by atoms with Gasteiger partial charge in [-0.2, -0.15) is 0 Å². The summed E-state index contributed by atoms with van der Waals surface area (Å²) in [5, 5.41) is 9.06. The van der Waals surface area contributed by atoms with Crippen LogP contribution >= 0.6 is 0 Å². The van der Waals surface area contributed by atoms with E-state index in [2.05, 4.69) is 0 Å². The minimum atomic E-state index is -0.756. The number of hydroxylamine groups is 2. The molecule has 0 radical (unpaired) electrons. The number of carboxylic acids is 1. The summed E-state index contributed by atoms with van der Waals surface area (Å²) in [6.45, 7) is 0. The number of hydrogen-bond acceptors (Lipinski definition) is 5. The zero-order valence-corrected chi connectivity index (χ0v) is 12.7. The van der Waals surface area contributed by atoms with E-state index < -0.39 is 23.8 Å². The number of carbonyl (C=O) groups excluding carboxylic acids is 3. The summed E-state index contributed by atoms with van der Waals surface area (Å²) in [5.74, 6) is -2.22. The van der Waals surface area contributed by atoms with Gasteiger partial charge in [0.15, 0.2) is 0 Å². The second kappa shape index (κ2) is 9.92. The SMILES string of the molecule is O=C(O)CCCCCCCCCC(=O)ON1C(=O)CCC1=O. The maximum absolute atomic E-state index is 11.5. The molecule has 22 heavy (non-hydrogen) atoms. The second-order valence-corrected chi connectivity index (χ2v) is 5.41. The van der Waals surface area contributed by atoms with Crippen LogP contribution in [0.5, 0.6) is 0 Å². The predicted octanol–water partition coefficient (Wildman–Crippen LogP) is 2.19. The highest BCUT2D eigenvalue weighted by atomic mass is 16.7. The van der Waals surface area contributed by atoms with Crippen LogP contribution in [0, 0.1) is 0 Å². The highest BCUT2D eigenvalue weighted by Crippen LogP contribution is 2.14. The highest BCUT2D eigenvalue weighted by molar-refractivity contribution is 6.01. The average molecular weight is 313 g/mol. The molecule has 0 aromatic carbocycles. The Morgan fingerprint density at radius 1 is 0.864 bits per heavy atom. The first-order chi connectivity index (χ1) is 10.5. The van der Waals surface area contributed by atoms with Crippen LogP contribution in [0.25, 0.3) is 0 Å². The predicted molar refractivity (Wildman–Crippen MR) is 76.4 cm³/mol. The Labute approximate surface area is 129 Å². The van der Waals surface area contributed by atoms with Crippen LogP contribution in [0.1, 0.15) is 70.6 Å². The van der Waals surface area contributed by atoms with E-state index in [1.54, 1.807) is 0 Å². The zero-order chi connectivity index (χ0) is 16.4. The lowest BCUT2D eigenvalue weighted by Gasteiger charge is -2.12. The summed E-state index contributed by atoms with van der Waals surface area (Å²) in [7, 11) is 0. The number of unbranched alkanes of at least 4 members (excludes halogenated alkanes) is 6. The van der Waals surface area contributed by atoms with Crippen LogP contribution in [0.3, 0.4) is 0 Å². The molecule has 1 saturated heterocycles. The van der Waals surface area contributed by atoms with Crippen LogP contribution < -0.4 is 0 Å². The molecule has 7 heteroatoms. The van der Waals surface area contributed by atoms with Gasteiger partial charge < -0.3 is 9.94 Å². The first kappa shape index (κ1) is 18.1. The molecule has 1 aliphatic heterocycles. The van der Waals surface area contributed by atoms with Crippen LogP contribution in [-0.2, 0) is 24.0 Å². The first-order valence-electron chi connectivity index (χ1n) is 7.79. The van der Waals surface area contributed by atoms with Crippen LogP contribution in [0.15, 0.2) is 0 Å². The van der Waals surface area contributed by atoms with Crippen molar-refractivity contribution in [3.05, 3.63) is 0 Å². The summed E-state index contributed by atoms with van der Waals surface area (Å²) in [6, 6.07) is 0. The summed E-state index contributed by atoms with van der Waals surface area (Å²) in [5.41, 5.74) is 0. The molecule has 124 valence electrons. The third-order valence-electron chi connectivity index (χ3n) is 3.47. The van der Waals surface area contributed by atoms with Crippen LogP contribution in [-0.4, -0.2) is 33.9 Å². The number of hydrogen-bond donors (Lipinski definition) is 1. The molecular formula is C15H23NO6. The van der Waals surface area contributed by atoms with Crippen molar-refractivity contribution >= 4 is 23.8 Å². The molecule has 0 unspecified atom stereocenters. The van der Waals surface area contributed by atoms with E-state index in [9.17, 15) is 19.2 Å². The number of nitrogens with zero attached hydrogens (tertiary/aromatic N) is 1. The molecule has 0 spiro atoms. The zero-order valence-electron chi connectivity index (χ0n) is 12.7. The lowest BCUT2D eigenvalue weighted by molar-refractivity contribution is -0.197. The lowest BCUT2D eigenvalue weighted by Crippen LogP contribution is -2.31. The largest absolute Gasteiger partial charge is 0.481 e. The summed E-state index contributed by atoms with van der Waals surface area (Å²) in [6.07, 6.45) is 6.75. The summed E-state index contributed by atoms with van der Waals surface area (Å²) < 4.78 is 0. The fourth-order valence-electron chi connectivity index (χ4n) is 2.23. The molecule has 2 amide bonds. The Morgan fingerprint density at radius 3 is 1.82 bits per heavy atom. The van der Waals surface area contributed by atoms with Gasteiger partial charge in [0.05, 0.1) is 0 Å². The molecule has 1 aliphatic rings. The van der Waals surface area contributed by atoms with Crippen molar-refractivity contribution in [2.75, 3.05) is 0 Å². The van der Waals surface area contributed by atoms with Crippen LogP contribution in [0.4, 0.5) is 0 Å². The normalized spacial score (nSPS) is 14.5. The van der Waals surface area contributed by atoms with Gasteiger partial charge in [-0.1, -0.05) is 32.1 Å². The standard InChI is InChI=1S/C15H23NO6/c17-12-10-11-13(18)16(12)22-15(21)9-7-5-3-1-2-4-6-8-14(19)20/h1-11H2,(H,19,20). The van der Waals surface area contributed by atoms with Gasteiger partial charge in [0.2, 0.25) is 0 Å². The fourth-order valence-corrected chi connectivity index (χ4v) is 2.23. The molecule has 1 heterocycles. The molecule has 0 aromatic heterocycles. The van der Waals surface area contributed by atoms with Crippen molar-refractivity contribution in [3.8, 4) is 0 Å². The first-order valence-corrected chi connectivity index (χ1v) is 7.79. The molecule has 7 nitrogen and oxygen atoms in total. The van der Waals surface area contributed by atoms with E-state index in [4.69, 9.17) is 9.94 Å². The van der Waals surface area contributed by atoms with Crippen molar-refractivity contribution in [3.63, 3.8) is 0 Å². The third kappa shape index (κ3) is 7.19. The Kier molecular flexibility index (Phi) is 8.17. The molecule has 0 atom stereocenters. The second-order valence-electron chi connectivity index (χ2n) is 5.41. The fraction of sp³-hybridized carbons (Fsp3) is 0.733. The molecular weight excluding hydrogens is 290 g/mol. The maximum atomic E-state index is 11.5. The molecule has 1 fully saturated rings. The van der Waals surface area contributed by atoms with E-state index in [-0.39, 0.29) is 25.7 Å². The van der Waals surface area contributed by atoms with E-state index in [0.717, 1.165) is 32.1 Å². The number of aliphatic carboxylic acids is 1. The minimum absolute atomic E-state index is 0.105. The Bertz CT molecular complexity index is 404. The minimum Gasteiger partial charge on any atom is -0.481 e. The number of rotatable bonds is 11. The molecule has 1 N–H and O–H groups in total. The van der Waals surface area contributed by atoms with E-state index in [1.165, 1.54) is 0 Å². The molecule has 0 aliphatic carbocycles. The Balaban J connectivity index is 1.96. The van der Waals surface area contributed by atoms with E-state index in [0.29, 0.717) is 17.9 Å². The number of carboxylic acid groups (broad SMARTS) is 1. The topological polar surface area (TPSA) is 101 Å². The monoisotopic (exact) mass is 313 g/mol. The number of amides is 2.